The highest BCUT2D eigenvalue weighted by molar-refractivity contribution is 14.1. The van der Waals surface area contributed by atoms with Crippen molar-refractivity contribution < 1.29 is 9.21 Å². The molecule has 1 N–H and O–H groups in total. The summed E-state index contributed by atoms with van der Waals surface area (Å²) in [6.07, 6.45) is 0. The van der Waals surface area contributed by atoms with E-state index in [0.29, 0.717) is 11.3 Å². The van der Waals surface area contributed by atoms with Crippen LogP contribution in [-0.2, 0) is 0 Å². The molecule has 0 aliphatic carbocycles. The Hall–Kier alpha value is -0.820. The molecule has 1 aromatic carbocycles. The summed E-state index contributed by atoms with van der Waals surface area (Å²) in [4.78, 5) is 12.1. The Morgan fingerprint density at radius 3 is 2.61 bits per heavy atom. The van der Waals surface area contributed by atoms with Crippen LogP contribution in [-0.4, -0.2) is 5.91 Å². The Morgan fingerprint density at radius 2 is 2.06 bits per heavy atom. The number of carbonyl (C=O) groups excluding carboxylic acids is 1. The number of hydrogen-bond acceptors (Lipinski definition) is 2. The van der Waals surface area contributed by atoms with Crippen molar-refractivity contribution in [2.24, 2.45) is 0 Å². The largest absolute Gasteiger partial charge is 0.466 e. The summed E-state index contributed by atoms with van der Waals surface area (Å²) in [5, 5.41) is 2.86. The van der Waals surface area contributed by atoms with E-state index >= 15 is 0 Å². The third-order valence-corrected chi connectivity index (χ3v) is 4.79. The number of aryl methyl sites for hydroxylation is 2. The van der Waals surface area contributed by atoms with Gasteiger partial charge in [0.2, 0.25) is 0 Å². The fourth-order valence-electron chi connectivity index (χ4n) is 1.63. The first-order valence-electron chi connectivity index (χ1n) is 5.31. The van der Waals surface area contributed by atoms with Crippen molar-refractivity contribution in [3.05, 3.63) is 49.4 Å². The van der Waals surface area contributed by atoms with Crippen LogP contribution in [0.25, 0.3) is 0 Å². The fraction of sp³-hybridized carbons (Fsp3) is 0.154. The Balaban J connectivity index is 2.21. The molecule has 0 saturated heterocycles. The molecule has 0 unspecified atom stereocenters. The van der Waals surface area contributed by atoms with Crippen LogP contribution in [0.5, 0.6) is 0 Å². The van der Waals surface area contributed by atoms with Gasteiger partial charge in [-0.3, -0.25) is 4.79 Å². The molecule has 0 bridgehead atoms. The summed E-state index contributed by atoms with van der Waals surface area (Å²) in [5.74, 6) is 1.22. The topological polar surface area (TPSA) is 42.2 Å². The highest BCUT2D eigenvalue weighted by atomic mass is 127. The highest BCUT2D eigenvalue weighted by Gasteiger charge is 2.13. The molecule has 18 heavy (non-hydrogen) atoms. The Labute approximate surface area is 127 Å². The van der Waals surface area contributed by atoms with E-state index in [1.807, 2.05) is 25.1 Å². The molecule has 0 fully saturated rings. The van der Waals surface area contributed by atoms with E-state index in [4.69, 9.17) is 4.42 Å². The summed E-state index contributed by atoms with van der Waals surface area (Å²) in [6.45, 7) is 3.61. The van der Waals surface area contributed by atoms with Crippen molar-refractivity contribution in [2.45, 2.75) is 13.8 Å². The van der Waals surface area contributed by atoms with Gasteiger partial charge < -0.3 is 9.73 Å². The quantitative estimate of drug-likeness (QED) is 0.727. The molecule has 1 amide bonds. The molecular weight excluding hydrogens is 409 g/mol. The van der Waals surface area contributed by atoms with Crippen LogP contribution < -0.4 is 5.32 Å². The second-order valence-corrected chi connectivity index (χ2v) is 5.93. The molecule has 0 radical (unpaired) electrons. The predicted octanol–water partition coefficient (Wildman–Crippen LogP) is 4.52. The lowest BCUT2D eigenvalue weighted by atomic mass is 10.2. The minimum absolute atomic E-state index is 0.150. The number of amides is 1. The van der Waals surface area contributed by atoms with Crippen molar-refractivity contribution >= 4 is 50.1 Å². The van der Waals surface area contributed by atoms with Gasteiger partial charge in [0.05, 0.1) is 5.56 Å². The normalized spacial score (nSPS) is 10.4. The molecule has 1 aromatic heterocycles. The van der Waals surface area contributed by atoms with Crippen LogP contribution in [0.4, 0.5) is 5.69 Å². The zero-order valence-electron chi connectivity index (χ0n) is 9.88. The van der Waals surface area contributed by atoms with Gasteiger partial charge in [0.15, 0.2) is 0 Å². The molecule has 1 heterocycles. The molecule has 5 heteroatoms. The maximum atomic E-state index is 12.1. The first-order chi connectivity index (χ1) is 8.47. The van der Waals surface area contributed by atoms with E-state index in [2.05, 4.69) is 43.8 Å². The van der Waals surface area contributed by atoms with Crippen LogP contribution >= 0.6 is 38.5 Å². The fourth-order valence-corrected chi connectivity index (χ4v) is 2.39. The monoisotopic (exact) mass is 419 g/mol. The minimum atomic E-state index is -0.150. The molecule has 94 valence electrons. The number of nitrogens with one attached hydrogen (secondary N) is 1. The molecule has 0 saturated carbocycles. The van der Waals surface area contributed by atoms with Crippen molar-refractivity contribution in [3.63, 3.8) is 0 Å². The van der Waals surface area contributed by atoms with Crippen molar-refractivity contribution in [2.75, 3.05) is 5.32 Å². The summed E-state index contributed by atoms with van der Waals surface area (Å²) >= 11 is 5.63. The maximum absolute atomic E-state index is 12.1. The Kier molecular flexibility index (Phi) is 4.11. The van der Waals surface area contributed by atoms with Crippen LogP contribution in [0.3, 0.4) is 0 Å². The van der Waals surface area contributed by atoms with E-state index in [1.165, 1.54) is 0 Å². The van der Waals surface area contributed by atoms with Crippen LogP contribution in [0, 0.1) is 17.4 Å². The lowest BCUT2D eigenvalue weighted by Crippen LogP contribution is -2.12. The number of benzene rings is 1. The number of halogens is 2. The first kappa shape index (κ1) is 13.6. The smallest absolute Gasteiger partial charge is 0.259 e. The Morgan fingerprint density at radius 1 is 1.33 bits per heavy atom. The van der Waals surface area contributed by atoms with Gasteiger partial charge in [-0.1, -0.05) is 0 Å². The highest BCUT2D eigenvalue weighted by Crippen LogP contribution is 2.23. The van der Waals surface area contributed by atoms with E-state index in [1.54, 1.807) is 13.0 Å². The minimum Gasteiger partial charge on any atom is -0.466 e. The molecule has 3 nitrogen and oxygen atoms in total. The maximum Gasteiger partial charge on any atom is 0.259 e. The number of furan rings is 1. The molecule has 2 aromatic rings. The van der Waals surface area contributed by atoms with E-state index in [-0.39, 0.29) is 5.91 Å². The Bertz CT molecular complexity index is 607. The number of rotatable bonds is 2. The number of carbonyl (C=O) groups is 1. The van der Waals surface area contributed by atoms with Gasteiger partial charge in [-0.15, -0.1) is 0 Å². The second-order valence-electron chi connectivity index (χ2n) is 3.91. The molecule has 0 atom stereocenters. The SMILES string of the molecule is Cc1cc(C(=O)Nc2ccc(Br)c(I)c2)c(C)o1. The molecule has 0 spiro atoms. The van der Waals surface area contributed by atoms with Gasteiger partial charge >= 0.3 is 0 Å². The van der Waals surface area contributed by atoms with Crippen LogP contribution in [0.2, 0.25) is 0 Å². The zero-order chi connectivity index (χ0) is 13.3. The van der Waals surface area contributed by atoms with Gasteiger partial charge in [0.1, 0.15) is 11.5 Å². The molecule has 0 aliphatic heterocycles. The van der Waals surface area contributed by atoms with Crippen LogP contribution in [0.15, 0.2) is 33.2 Å². The van der Waals surface area contributed by atoms with Gasteiger partial charge in [0, 0.05) is 13.7 Å². The average molecular weight is 420 g/mol. The van der Waals surface area contributed by atoms with E-state index in [9.17, 15) is 4.79 Å². The zero-order valence-corrected chi connectivity index (χ0v) is 13.6. The third-order valence-electron chi connectivity index (χ3n) is 2.46. The second kappa shape index (κ2) is 5.44. The standard InChI is InChI=1S/C13H11BrINO2/c1-7-5-10(8(2)18-7)13(17)16-9-3-4-11(14)12(15)6-9/h3-6H,1-2H3,(H,16,17). The van der Waals surface area contributed by atoms with Crippen molar-refractivity contribution in [1.29, 1.82) is 0 Å². The molecular formula is C13H11BrINO2. The summed E-state index contributed by atoms with van der Waals surface area (Å²) < 4.78 is 7.40. The summed E-state index contributed by atoms with van der Waals surface area (Å²) in [6, 6.07) is 7.41. The van der Waals surface area contributed by atoms with Gasteiger partial charge in [-0.2, -0.15) is 0 Å². The summed E-state index contributed by atoms with van der Waals surface area (Å²) in [5.41, 5.74) is 1.34. The van der Waals surface area contributed by atoms with Gasteiger partial charge in [0.25, 0.3) is 5.91 Å². The number of anilines is 1. The van der Waals surface area contributed by atoms with Gasteiger partial charge in [-0.25, -0.2) is 0 Å². The van der Waals surface area contributed by atoms with Crippen molar-refractivity contribution in [3.8, 4) is 0 Å². The average Bonchev–Trinajstić information content (AvgIpc) is 2.63. The lowest BCUT2D eigenvalue weighted by molar-refractivity contribution is 0.102. The molecule has 0 aliphatic rings. The first-order valence-corrected chi connectivity index (χ1v) is 7.18. The van der Waals surface area contributed by atoms with E-state index < -0.39 is 0 Å². The molecule has 2 rings (SSSR count). The predicted molar refractivity (Wildman–Crippen MR) is 83.0 cm³/mol. The van der Waals surface area contributed by atoms with Gasteiger partial charge in [-0.05, 0) is 76.6 Å². The summed E-state index contributed by atoms with van der Waals surface area (Å²) in [7, 11) is 0. The lowest BCUT2D eigenvalue weighted by Gasteiger charge is -2.05. The van der Waals surface area contributed by atoms with Crippen molar-refractivity contribution in [1.82, 2.24) is 0 Å². The van der Waals surface area contributed by atoms with Crippen LogP contribution in [0.1, 0.15) is 21.9 Å². The number of hydrogen-bond donors (Lipinski definition) is 1. The third kappa shape index (κ3) is 2.95. The van der Waals surface area contributed by atoms with E-state index in [0.717, 1.165) is 19.5 Å².